The van der Waals surface area contributed by atoms with Crippen LogP contribution in [0.2, 0.25) is 5.02 Å². The molecule has 2 aromatic heterocycles. The van der Waals surface area contributed by atoms with Gasteiger partial charge in [0.1, 0.15) is 39.9 Å². The van der Waals surface area contributed by atoms with Crippen LogP contribution >= 0.6 is 22.9 Å². The van der Waals surface area contributed by atoms with Crippen LogP contribution in [0.1, 0.15) is 84.3 Å². The van der Waals surface area contributed by atoms with Gasteiger partial charge in [-0.1, -0.05) is 45.4 Å². The van der Waals surface area contributed by atoms with Gasteiger partial charge in [0.05, 0.1) is 34.0 Å². The van der Waals surface area contributed by atoms with E-state index in [0.29, 0.717) is 65.2 Å². The fourth-order valence-electron chi connectivity index (χ4n) is 8.30. The number of pyridine rings is 1. The van der Waals surface area contributed by atoms with Crippen LogP contribution in [0.3, 0.4) is 0 Å². The standard InChI is InChI=1S/C41H51ClN4O9S2/c1-8-23-17-41(23,40(49)45-57(50,51)24-9-10-24)18-31(47)30-16-34(29-13-11-25(21(2)3)39(48)46(29)30)55-33-15-27(38-44-28(20-56-38)22(4)5)43-37-26(33)12-14-32(36(37)42)54-19-35(52-6)53-7/h8,12,14-15,20-25,29-30,34-35H,1,9-11,13,16-19H2,2-7H3,(H,45,49)/t23-,25-,29-,30+,34-,41-/m1/s1. The number of carbonyl (C=O) groups excluding carboxylic acids is 3. The molecule has 2 aliphatic heterocycles. The van der Waals surface area contributed by atoms with Crippen LogP contribution in [0.5, 0.6) is 11.5 Å². The lowest BCUT2D eigenvalue weighted by molar-refractivity contribution is -0.149. The quantitative estimate of drug-likeness (QED) is 0.114. The Morgan fingerprint density at radius 2 is 1.84 bits per heavy atom. The normalized spacial score (nSPS) is 26.0. The minimum absolute atomic E-state index is 0.0508. The molecular weight excluding hydrogens is 792 g/mol. The van der Waals surface area contributed by atoms with Crippen molar-refractivity contribution in [3.05, 3.63) is 47.0 Å². The molecule has 7 rings (SSSR count). The van der Waals surface area contributed by atoms with E-state index in [-0.39, 0.29) is 59.8 Å². The summed E-state index contributed by atoms with van der Waals surface area (Å²) in [6, 6.07) is 4.07. The fraction of sp³-hybridized carbons (Fsp3) is 0.585. The Morgan fingerprint density at radius 3 is 2.46 bits per heavy atom. The van der Waals surface area contributed by atoms with E-state index in [1.807, 2.05) is 31.4 Å². The number of benzene rings is 1. The maximum absolute atomic E-state index is 14.5. The van der Waals surface area contributed by atoms with Crippen molar-refractivity contribution in [2.45, 2.75) is 108 Å². The van der Waals surface area contributed by atoms with E-state index in [1.54, 1.807) is 17.0 Å². The van der Waals surface area contributed by atoms with Crippen molar-refractivity contribution < 1.29 is 41.7 Å². The van der Waals surface area contributed by atoms with E-state index in [9.17, 15) is 22.8 Å². The molecule has 308 valence electrons. The first kappa shape index (κ1) is 41.5. The maximum Gasteiger partial charge on any atom is 0.240 e. The number of ether oxygens (including phenoxy) is 4. The van der Waals surface area contributed by atoms with E-state index in [1.165, 1.54) is 25.6 Å². The number of methoxy groups -OCH3 is 2. The van der Waals surface area contributed by atoms with Crippen LogP contribution in [0.4, 0.5) is 0 Å². The molecule has 2 saturated heterocycles. The zero-order valence-electron chi connectivity index (χ0n) is 33.2. The minimum Gasteiger partial charge on any atom is -0.487 e. The van der Waals surface area contributed by atoms with E-state index in [0.717, 1.165) is 5.69 Å². The third-order valence-corrected chi connectivity index (χ3v) is 15.1. The number of amides is 2. The van der Waals surface area contributed by atoms with Crippen LogP contribution in [-0.2, 0) is 33.9 Å². The second-order valence-electron chi connectivity index (χ2n) is 16.4. The number of hydrogen-bond donors (Lipinski definition) is 1. The average Bonchev–Trinajstić information content (AvgIpc) is 4.07. The minimum atomic E-state index is -3.83. The van der Waals surface area contributed by atoms with Crippen LogP contribution < -0.4 is 14.2 Å². The number of allylic oxidation sites excluding steroid dienone is 1. The highest BCUT2D eigenvalue weighted by atomic mass is 35.5. The Hall–Kier alpha value is -3.63. The Balaban J connectivity index is 1.23. The summed E-state index contributed by atoms with van der Waals surface area (Å²) in [6.45, 7) is 12.1. The summed E-state index contributed by atoms with van der Waals surface area (Å²) < 4.78 is 51.3. The highest BCUT2D eigenvalue weighted by molar-refractivity contribution is 7.90. The van der Waals surface area contributed by atoms with Gasteiger partial charge in [-0.2, -0.15) is 0 Å². The van der Waals surface area contributed by atoms with Gasteiger partial charge in [0.2, 0.25) is 21.8 Å². The van der Waals surface area contributed by atoms with Gasteiger partial charge in [-0.15, -0.1) is 17.9 Å². The smallest absolute Gasteiger partial charge is 0.240 e. The third kappa shape index (κ3) is 8.06. The van der Waals surface area contributed by atoms with Crippen molar-refractivity contribution in [2.75, 3.05) is 20.8 Å². The van der Waals surface area contributed by atoms with Crippen LogP contribution in [0.25, 0.3) is 21.6 Å². The van der Waals surface area contributed by atoms with Crippen molar-refractivity contribution in [2.24, 2.45) is 23.2 Å². The van der Waals surface area contributed by atoms with Crippen molar-refractivity contribution in [1.82, 2.24) is 19.6 Å². The first-order chi connectivity index (χ1) is 27.1. The van der Waals surface area contributed by atoms with E-state index >= 15 is 0 Å². The van der Waals surface area contributed by atoms with E-state index in [2.05, 4.69) is 25.1 Å². The van der Waals surface area contributed by atoms with Crippen LogP contribution in [-0.4, -0.2) is 91.4 Å². The molecule has 16 heteroatoms. The second-order valence-corrected chi connectivity index (χ2v) is 19.6. The molecule has 2 amide bonds. The number of nitrogens with one attached hydrogen (secondary N) is 1. The number of carbonyl (C=O) groups is 3. The molecule has 0 radical (unpaired) electrons. The molecule has 0 bridgehead atoms. The van der Waals surface area contributed by atoms with Crippen molar-refractivity contribution in [1.29, 1.82) is 0 Å². The number of Topliss-reactive ketones (excluding diaryl/α,β-unsaturated/α-hetero) is 1. The Morgan fingerprint density at radius 1 is 1.11 bits per heavy atom. The molecule has 4 fully saturated rings. The molecule has 57 heavy (non-hydrogen) atoms. The van der Waals surface area contributed by atoms with Gasteiger partial charge in [0.25, 0.3) is 0 Å². The largest absolute Gasteiger partial charge is 0.487 e. The fourth-order valence-corrected chi connectivity index (χ4v) is 10.9. The second kappa shape index (κ2) is 16.2. The predicted molar refractivity (Wildman–Crippen MR) is 217 cm³/mol. The summed E-state index contributed by atoms with van der Waals surface area (Å²) in [6.07, 6.45) is 2.93. The zero-order valence-corrected chi connectivity index (χ0v) is 35.5. The first-order valence-electron chi connectivity index (χ1n) is 19.6. The molecule has 13 nitrogen and oxygen atoms in total. The molecular formula is C41H51ClN4O9S2. The Labute approximate surface area is 342 Å². The lowest BCUT2D eigenvalue weighted by Gasteiger charge is -2.40. The number of aromatic nitrogens is 2. The van der Waals surface area contributed by atoms with Crippen molar-refractivity contribution in [3.63, 3.8) is 0 Å². The molecule has 2 saturated carbocycles. The molecule has 1 aromatic carbocycles. The van der Waals surface area contributed by atoms with E-state index < -0.39 is 51.1 Å². The average molecular weight is 843 g/mol. The maximum atomic E-state index is 14.5. The lowest BCUT2D eigenvalue weighted by Crippen LogP contribution is -2.54. The Bertz CT molecular complexity index is 2170. The van der Waals surface area contributed by atoms with Gasteiger partial charge in [0.15, 0.2) is 12.1 Å². The molecule has 3 aromatic rings. The van der Waals surface area contributed by atoms with Crippen molar-refractivity contribution >= 4 is 61.5 Å². The summed E-state index contributed by atoms with van der Waals surface area (Å²) in [5.74, 6) is -0.652. The number of sulfonamides is 1. The zero-order chi connectivity index (χ0) is 41.0. The first-order valence-corrected chi connectivity index (χ1v) is 22.4. The molecule has 0 unspecified atom stereocenters. The van der Waals surface area contributed by atoms with Crippen molar-refractivity contribution in [3.8, 4) is 22.2 Å². The SMILES string of the molecule is C=C[C@@H]1C[C@]1(CC(=O)[C@@H]1C[C@@H](Oc2cc(-c3nc(C(C)C)cs3)nc3c(Cl)c(OCC(OC)OC)ccc23)[C@H]2CC[C@H](C(C)C)C(=O)N21)C(=O)NS(=O)(=O)C1CC1. The number of fused-ring (bicyclic) bond motifs is 2. The summed E-state index contributed by atoms with van der Waals surface area (Å²) in [5, 5.41) is 2.95. The summed E-state index contributed by atoms with van der Waals surface area (Å²) in [7, 11) is -0.798. The van der Waals surface area contributed by atoms with Gasteiger partial charge in [-0.25, -0.2) is 18.4 Å². The number of hydrogen-bond acceptors (Lipinski definition) is 12. The van der Waals surface area contributed by atoms with Crippen LogP contribution in [0, 0.1) is 23.2 Å². The molecule has 2 aliphatic carbocycles. The number of halogens is 1. The topological polar surface area (TPSA) is 163 Å². The van der Waals surface area contributed by atoms with Gasteiger partial charge in [0, 0.05) is 49.8 Å². The molecule has 0 spiro atoms. The molecule has 4 aliphatic rings. The van der Waals surface area contributed by atoms with Gasteiger partial charge >= 0.3 is 0 Å². The Kier molecular flexibility index (Phi) is 11.8. The van der Waals surface area contributed by atoms with E-state index in [4.69, 9.17) is 40.5 Å². The monoisotopic (exact) mass is 842 g/mol. The number of rotatable bonds is 17. The van der Waals surface area contributed by atoms with Gasteiger partial charge < -0.3 is 23.8 Å². The summed E-state index contributed by atoms with van der Waals surface area (Å²) in [5.41, 5.74) is 0.648. The highest BCUT2D eigenvalue weighted by Crippen LogP contribution is 2.57. The number of piperidine rings is 1. The van der Waals surface area contributed by atoms with Crippen LogP contribution in [0.15, 0.2) is 36.2 Å². The molecule has 6 atom stereocenters. The summed E-state index contributed by atoms with van der Waals surface area (Å²) in [4.78, 5) is 53.9. The van der Waals surface area contributed by atoms with Gasteiger partial charge in [-0.05, 0) is 62.0 Å². The molecule has 1 N–H and O–H groups in total. The molecule has 4 heterocycles. The lowest BCUT2D eigenvalue weighted by atomic mass is 9.84. The summed E-state index contributed by atoms with van der Waals surface area (Å²) >= 11 is 8.48. The number of ketones is 1. The van der Waals surface area contributed by atoms with Gasteiger partial charge in [-0.3, -0.25) is 19.1 Å². The predicted octanol–water partition coefficient (Wildman–Crippen LogP) is 6.68. The number of nitrogens with zero attached hydrogens (tertiary/aromatic N) is 3. The third-order valence-electron chi connectivity index (χ3n) is 12.0. The highest BCUT2D eigenvalue weighted by Gasteiger charge is 2.62. The number of thiazole rings is 1.